The molecule has 0 aliphatic heterocycles. The van der Waals surface area contributed by atoms with E-state index in [0.29, 0.717) is 0 Å². The molecule has 4 nitrogen and oxygen atoms in total. The minimum absolute atomic E-state index is 0.214. The lowest BCUT2D eigenvalue weighted by atomic mass is 10.6. The van der Waals surface area contributed by atoms with Gasteiger partial charge in [-0.3, -0.25) is 9.59 Å². The van der Waals surface area contributed by atoms with Crippen molar-refractivity contribution in [3.8, 4) is 0 Å². The van der Waals surface area contributed by atoms with Gasteiger partial charge in [-0.1, -0.05) is 0 Å². The van der Waals surface area contributed by atoms with Crippen LogP contribution < -0.4 is 5.32 Å². The van der Waals surface area contributed by atoms with Gasteiger partial charge in [-0.25, -0.2) is 0 Å². The summed E-state index contributed by atoms with van der Waals surface area (Å²) in [4.78, 5) is 20.6. The second-order valence-electron chi connectivity index (χ2n) is 1.95. The van der Waals surface area contributed by atoms with Crippen molar-refractivity contribution in [2.24, 2.45) is 0 Å². The quantitative estimate of drug-likeness (QED) is 0.440. The van der Waals surface area contributed by atoms with Gasteiger partial charge in [0.25, 0.3) is 0 Å². The first-order valence-electron chi connectivity index (χ1n) is 2.96. The summed E-state index contributed by atoms with van der Waals surface area (Å²) in [7, 11) is 0. The predicted octanol–water partition coefficient (Wildman–Crippen LogP) is 0.0316. The molecule has 10 heavy (non-hydrogen) atoms. The van der Waals surface area contributed by atoms with E-state index in [-0.39, 0.29) is 5.91 Å². The minimum Gasteiger partial charge on any atom is -0.442 e. The molecule has 0 saturated carbocycles. The second kappa shape index (κ2) is 3.87. The summed E-state index contributed by atoms with van der Waals surface area (Å²) in [5, 5.41) is 2.39. The normalized spacial score (nSPS) is 11.9. The zero-order chi connectivity index (χ0) is 8.15. The topological polar surface area (TPSA) is 55.4 Å². The summed E-state index contributed by atoms with van der Waals surface area (Å²) >= 11 is 0. The minimum atomic E-state index is -0.532. The number of nitrogens with one attached hydrogen (secondary N) is 1. The summed E-state index contributed by atoms with van der Waals surface area (Å²) in [5.41, 5.74) is 0. The number of esters is 1. The Morgan fingerprint density at radius 3 is 2.20 bits per heavy atom. The summed E-state index contributed by atoms with van der Waals surface area (Å²) in [6.07, 6.45) is -0.532. The summed E-state index contributed by atoms with van der Waals surface area (Å²) in [6.45, 7) is 4.24. The molecule has 1 unspecified atom stereocenters. The van der Waals surface area contributed by atoms with Crippen molar-refractivity contribution < 1.29 is 14.3 Å². The lowest BCUT2D eigenvalue weighted by molar-refractivity contribution is -0.148. The number of amides is 1. The maximum Gasteiger partial charge on any atom is 0.304 e. The van der Waals surface area contributed by atoms with Crippen LogP contribution in [0.1, 0.15) is 20.8 Å². The molecule has 1 amide bonds. The Hall–Kier alpha value is -1.06. The average Bonchev–Trinajstić information content (AvgIpc) is 1.58. The molecule has 0 aromatic rings. The Morgan fingerprint density at radius 2 is 1.90 bits per heavy atom. The Bertz CT molecular complexity index is 128. The first kappa shape index (κ1) is 8.94. The third kappa shape index (κ3) is 5.08. The standard InChI is InChI=1S/C6H11NO3/c1-4(8)7-5(2)10-6(3)9/h5H,1-3H3,(H,7,8). The van der Waals surface area contributed by atoms with Gasteiger partial charge in [0.05, 0.1) is 0 Å². The van der Waals surface area contributed by atoms with Crippen molar-refractivity contribution >= 4 is 11.9 Å². The summed E-state index contributed by atoms with van der Waals surface area (Å²) < 4.78 is 4.59. The van der Waals surface area contributed by atoms with Crippen LogP contribution in [0.15, 0.2) is 0 Å². The van der Waals surface area contributed by atoms with Crippen LogP contribution in [0.5, 0.6) is 0 Å². The van der Waals surface area contributed by atoms with Gasteiger partial charge in [-0.15, -0.1) is 0 Å². The molecule has 0 heterocycles. The molecule has 1 atom stereocenters. The van der Waals surface area contributed by atoms with Crippen LogP contribution in [0, 0.1) is 0 Å². The van der Waals surface area contributed by atoms with E-state index in [2.05, 4.69) is 10.1 Å². The van der Waals surface area contributed by atoms with Crippen molar-refractivity contribution in [1.82, 2.24) is 5.32 Å². The van der Waals surface area contributed by atoms with E-state index in [0.717, 1.165) is 0 Å². The van der Waals surface area contributed by atoms with E-state index >= 15 is 0 Å². The van der Waals surface area contributed by atoms with Gasteiger partial charge < -0.3 is 10.1 Å². The highest BCUT2D eigenvalue weighted by atomic mass is 16.6. The fourth-order valence-corrected chi connectivity index (χ4v) is 0.565. The van der Waals surface area contributed by atoms with Crippen LogP contribution in [-0.2, 0) is 14.3 Å². The van der Waals surface area contributed by atoms with Crippen molar-refractivity contribution in [1.29, 1.82) is 0 Å². The largest absolute Gasteiger partial charge is 0.442 e. The molecule has 0 spiro atoms. The fourth-order valence-electron chi connectivity index (χ4n) is 0.565. The molecule has 0 saturated heterocycles. The van der Waals surface area contributed by atoms with Gasteiger partial charge >= 0.3 is 5.97 Å². The van der Waals surface area contributed by atoms with E-state index in [4.69, 9.17) is 0 Å². The van der Waals surface area contributed by atoms with Gasteiger partial charge in [0.1, 0.15) is 0 Å². The maximum absolute atomic E-state index is 10.3. The van der Waals surface area contributed by atoms with Crippen molar-refractivity contribution in [3.05, 3.63) is 0 Å². The third-order valence-corrected chi connectivity index (χ3v) is 0.749. The number of carbonyl (C=O) groups is 2. The van der Waals surface area contributed by atoms with Crippen LogP contribution in [0.2, 0.25) is 0 Å². The van der Waals surface area contributed by atoms with E-state index in [1.54, 1.807) is 6.92 Å². The Balaban J connectivity index is 3.53. The Morgan fingerprint density at radius 1 is 1.40 bits per heavy atom. The third-order valence-electron chi connectivity index (χ3n) is 0.749. The van der Waals surface area contributed by atoms with Crippen molar-refractivity contribution in [2.75, 3.05) is 0 Å². The monoisotopic (exact) mass is 145 g/mol. The molecule has 4 heteroatoms. The van der Waals surface area contributed by atoms with E-state index < -0.39 is 12.2 Å². The molecule has 58 valence electrons. The predicted molar refractivity (Wildman–Crippen MR) is 35.0 cm³/mol. The smallest absolute Gasteiger partial charge is 0.304 e. The molecule has 0 aliphatic rings. The molecule has 0 fully saturated rings. The number of hydrogen-bond acceptors (Lipinski definition) is 3. The number of ether oxygens (including phenoxy) is 1. The van der Waals surface area contributed by atoms with Crippen LogP contribution in [-0.4, -0.2) is 18.1 Å². The molecule has 0 aromatic heterocycles. The molecular formula is C6H11NO3. The van der Waals surface area contributed by atoms with Crippen LogP contribution in [0.25, 0.3) is 0 Å². The fraction of sp³-hybridized carbons (Fsp3) is 0.667. The van der Waals surface area contributed by atoms with Gasteiger partial charge in [0, 0.05) is 13.8 Å². The van der Waals surface area contributed by atoms with Gasteiger partial charge in [-0.2, -0.15) is 0 Å². The van der Waals surface area contributed by atoms with Gasteiger partial charge in [0.15, 0.2) is 6.23 Å². The van der Waals surface area contributed by atoms with Crippen LogP contribution in [0.4, 0.5) is 0 Å². The lowest BCUT2D eigenvalue weighted by Gasteiger charge is -2.11. The summed E-state index contributed by atoms with van der Waals surface area (Å²) in [6, 6.07) is 0. The highest BCUT2D eigenvalue weighted by Crippen LogP contribution is 1.84. The van der Waals surface area contributed by atoms with Crippen molar-refractivity contribution in [3.63, 3.8) is 0 Å². The number of hydrogen-bond donors (Lipinski definition) is 1. The van der Waals surface area contributed by atoms with Crippen LogP contribution in [0.3, 0.4) is 0 Å². The molecule has 0 aliphatic carbocycles. The van der Waals surface area contributed by atoms with E-state index in [1.807, 2.05) is 0 Å². The molecule has 0 radical (unpaired) electrons. The Labute approximate surface area is 59.6 Å². The SMILES string of the molecule is CC(=O)NC(C)OC(C)=O. The number of rotatable bonds is 2. The molecule has 0 bridgehead atoms. The van der Waals surface area contributed by atoms with E-state index in [1.165, 1.54) is 13.8 Å². The summed E-state index contributed by atoms with van der Waals surface area (Å²) in [5.74, 6) is -0.616. The molecular weight excluding hydrogens is 134 g/mol. The zero-order valence-electron chi connectivity index (χ0n) is 6.30. The highest BCUT2D eigenvalue weighted by molar-refractivity contribution is 5.73. The molecule has 1 N–H and O–H groups in total. The molecule has 0 aromatic carbocycles. The zero-order valence-corrected chi connectivity index (χ0v) is 6.30. The van der Waals surface area contributed by atoms with Gasteiger partial charge in [0.2, 0.25) is 5.91 Å². The second-order valence-corrected chi connectivity index (χ2v) is 1.95. The number of carbonyl (C=O) groups excluding carboxylic acids is 2. The molecule has 0 rings (SSSR count). The average molecular weight is 145 g/mol. The maximum atomic E-state index is 10.3. The van der Waals surface area contributed by atoms with Crippen LogP contribution >= 0.6 is 0 Å². The first-order valence-corrected chi connectivity index (χ1v) is 2.96. The first-order chi connectivity index (χ1) is 4.52. The van der Waals surface area contributed by atoms with E-state index in [9.17, 15) is 9.59 Å². The highest BCUT2D eigenvalue weighted by Gasteiger charge is 2.04. The van der Waals surface area contributed by atoms with Crippen molar-refractivity contribution in [2.45, 2.75) is 27.0 Å². The Kier molecular flexibility index (Phi) is 3.46. The lowest BCUT2D eigenvalue weighted by Crippen LogP contribution is -2.33. The van der Waals surface area contributed by atoms with Gasteiger partial charge in [-0.05, 0) is 6.92 Å².